The summed E-state index contributed by atoms with van der Waals surface area (Å²) in [5.74, 6) is 1.66. The molecule has 2 nitrogen and oxygen atoms in total. The third kappa shape index (κ3) is 1.95. The fraction of sp³-hybridized carbons (Fsp3) is 0.769. The van der Waals surface area contributed by atoms with Crippen LogP contribution in [0.5, 0.6) is 0 Å². The molecule has 0 aromatic rings. The van der Waals surface area contributed by atoms with Crippen molar-refractivity contribution in [1.29, 1.82) is 0 Å². The van der Waals surface area contributed by atoms with Crippen LogP contribution >= 0.6 is 0 Å². The van der Waals surface area contributed by atoms with Gasteiger partial charge in [0.2, 0.25) is 0 Å². The van der Waals surface area contributed by atoms with Gasteiger partial charge in [0.25, 0.3) is 0 Å². The van der Waals surface area contributed by atoms with E-state index >= 15 is 0 Å². The Bertz CT molecular complexity index is 258. The molecule has 0 bridgehead atoms. The molecule has 0 radical (unpaired) electrons. The zero-order chi connectivity index (χ0) is 10.9. The molecule has 2 rings (SSSR count). The van der Waals surface area contributed by atoms with Gasteiger partial charge in [-0.25, -0.2) is 0 Å². The molecule has 0 aromatic carbocycles. The summed E-state index contributed by atoms with van der Waals surface area (Å²) in [6, 6.07) is 0. The van der Waals surface area contributed by atoms with Gasteiger partial charge in [-0.3, -0.25) is 4.79 Å². The summed E-state index contributed by atoms with van der Waals surface area (Å²) in [6.45, 7) is 6.26. The second-order valence-corrected chi connectivity index (χ2v) is 5.05. The average molecular weight is 208 g/mol. The molecular weight excluding hydrogens is 188 g/mol. The second-order valence-electron chi connectivity index (χ2n) is 5.05. The zero-order valence-corrected chi connectivity index (χ0v) is 9.50. The van der Waals surface area contributed by atoms with Crippen LogP contribution in [-0.2, 0) is 9.53 Å². The van der Waals surface area contributed by atoms with Crippen molar-refractivity contribution in [2.24, 2.45) is 17.3 Å². The van der Waals surface area contributed by atoms with Gasteiger partial charge in [0.05, 0.1) is 13.0 Å². The Morgan fingerprint density at radius 3 is 2.47 bits per heavy atom. The minimum absolute atomic E-state index is 0.0537. The Balaban J connectivity index is 1.97. The number of carbonyl (C=O) groups is 1. The van der Waals surface area contributed by atoms with E-state index in [1.165, 1.54) is 12.8 Å². The van der Waals surface area contributed by atoms with Crippen molar-refractivity contribution in [1.82, 2.24) is 0 Å². The molecule has 0 amide bonds. The summed E-state index contributed by atoms with van der Waals surface area (Å²) in [4.78, 5) is 11.5. The van der Waals surface area contributed by atoms with Crippen LogP contribution in [-0.4, -0.2) is 12.6 Å². The summed E-state index contributed by atoms with van der Waals surface area (Å²) in [6.07, 6.45) is 7.55. The first kappa shape index (κ1) is 10.7. The van der Waals surface area contributed by atoms with Crippen molar-refractivity contribution >= 4 is 5.97 Å². The van der Waals surface area contributed by atoms with Crippen molar-refractivity contribution in [3.05, 3.63) is 12.7 Å². The van der Waals surface area contributed by atoms with E-state index in [4.69, 9.17) is 4.74 Å². The van der Waals surface area contributed by atoms with Gasteiger partial charge in [0.15, 0.2) is 0 Å². The largest absolute Gasteiger partial charge is 0.466 e. The third-order valence-corrected chi connectivity index (χ3v) is 4.15. The number of carbonyl (C=O) groups excluding carboxylic acids is 1. The van der Waals surface area contributed by atoms with Crippen molar-refractivity contribution < 1.29 is 9.53 Å². The van der Waals surface area contributed by atoms with E-state index in [0.717, 1.165) is 24.7 Å². The molecule has 0 spiro atoms. The minimum Gasteiger partial charge on any atom is -0.466 e. The molecule has 0 unspecified atom stereocenters. The molecule has 2 aliphatic carbocycles. The maximum atomic E-state index is 11.5. The van der Waals surface area contributed by atoms with Crippen LogP contribution in [0.4, 0.5) is 0 Å². The lowest BCUT2D eigenvalue weighted by molar-refractivity contribution is -0.145. The van der Waals surface area contributed by atoms with Gasteiger partial charge < -0.3 is 4.74 Å². The highest BCUT2D eigenvalue weighted by Crippen LogP contribution is 2.57. The number of rotatable bonds is 4. The monoisotopic (exact) mass is 208 g/mol. The summed E-state index contributed by atoms with van der Waals surface area (Å²) < 4.78 is 5.03. The fourth-order valence-corrected chi connectivity index (χ4v) is 3.19. The Kier molecular flexibility index (Phi) is 2.85. The molecular formula is C13H20O2. The first-order chi connectivity index (χ1) is 7.19. The third-order valence-electron chi connectivity index (χ3n) is 4.15. The molecule has 0 heterocycles. The van der Waals surface area contributed by atoms with Gasteiger partial charge in [-0.15, -0.1) is 6.58 Å². The lowest BCUT2D eigenvalue weighted by atomic mass is 9.77. The van der Waals surface area contributed by atoms with Crippen LogP contribution < -0.4 is 0 Å². The Morgan fingerprint density at radius 1 is 1.47 bits per heavy atom. The van der Waals surface area contributed by atoms with Gasteiger partial charge in [-0.2, -0.15) is 0 Å². The zero-order valence-electron chi connectivity index (χ0n) is 9.50. The highest BCUT2D eigenvalue weighted by molar-refractivity contribution is 5.70. The molecule has 0 aliphatic heterocycles. The van der Waals surface area contributed by atoms with Gasteiger partial charge in [0.1, 0.15) is 0 Å². The van der Waals surface area contributed by atoms with E-state index in [9.17, 15) is 4.79 Å². The molecule has 2 heteroatoms. The van der Waals surface area contributed by atoms with E-state index in [2.05, 4.69) is 6.58 Å². The van der Waals surface area contributed by atoms with Gasteiger partial charge in [-0.05, 0) is 49.9 Å². The predicted octanol–water partition coefficient (Wildman–Crippen LogP) is 2.93. The first-order valence-corrected chi connectivity index (χ1v) is 5.98. The molecule has 0 aromatic heterocycles. The van der Waals surface area contributed by atoms with Crippen molar-refractivity contribution in [3.63, 3.8) is 0 Å². The number of hydrogen-bond acceptors (Lipinski definition) is 2. The maximum absolute atomic E-state index is 11.5. The lowest BCUT2D eigenvalue weighted by Gasteiger charge is -2.29. The molecule has 2 fully saturated rings. The Hall–Kier alpha value is -0.790. The van der Waals surface area contributed by atoms with Crippen LogP contribution in [0.25, 0.3) is 0 Å². The normalized spacial score (nSPS) is 37.9. The number of esters is 1. The second kappa shape index (κ2) is 3.99. The van der Waals surface area contributed by atoms with E-state index in [0.29, 0.717) is 13.0 Å². The van der Waals surface area contributed by atoms with E-state index in [1.807, 2.05) is 13.0 Å². The molecule has 3 atom stereocenters. The van der Waals surface area contributed by atoms with Gasteiger partial charge in [-0.1, -0.05) is 6.08 Å². The van der Waals surface area contributed by atoms with E-state index < -0.39 is 0 Å². The van der Waals surface area contributed by atoms with Gasteiger partial charge in [0, 0.05) is 0 Å². The lowest BCUT2D eigenvalue weighted by Crippen LogP contribution is -2.20. The average Bonchev–Trinajstić information content (AvgIpc) is 2.43. The molecule has 2 aliphatic rings. The van der Waals surface area contributed by atoms with E-state index in [-0.39, 0.29) is 11.4 Å². The Morgan fingerprint density at radius 2 is 2.07 bits per heavy atom. The minimum atomic E-state index is -0.0568. The number of allylic oxidation sites excluding steroid dienone is 1. The molecule has 0 N–H and O–H groups in total. The van der Waals surface area contributed by atoms with E-state index in [1.54, 1.807) is 0 Å². The van der Waals surface area contributed by atoms with Crippen LogP contribution in [0, 0.1) is 17.3 Å². The first-order valence-electron chi connectivity index (χ1n) is 5.98. The predicted molar refractivity (Wildman–Crippen MR) is 59.3 cm³/mol. The topological polar surface area (TPSA) is 26.3 Å². The molecule has 2 saturated carbocycles. The highest BCUT2D eigenvalue weighted by atomic mass is 16.5. The van der Waals surface area contributed by atoms with Gasteiger partial charge >= 0.3 is 5.97 Å². The molecule has 15 heavy (non-hydrogen) atoms. The maximum Gasteiger partial charge on any atom is 0.306 e. The SMILES string of the molecule is C=C[C@]1(CC(=O)OCC)C[C@H]2CC[C@H]2C1. The summed E-state index contributed by atoms with van der Waals surface area (Å²) in [7, 11) is 0. The van der Waals surface area contributed by atoms with Crippen molar-refractivity contribution in [2.75, 3.05) is 6.61 Å². The number of hydrogen-bond donors (Lipinski definition) is 0. The fourth-order valence-electron chi connectivity index (χ4n) is 3.19. The van der Waals surface area contributed by atoms with Crippen LogP contribution in [0.1, 0.15) is 39.0 Å². The van der Waals surface area contributed by atoms with Crippen LogP contribution in [0.2, 0.25) is 0 Å². The van der Waals surface area contributed by atoms with Crippen LogP contribution in [0.3, 0.4) is 0 Å². The quantitative estimate of drug-likeness (QED) is 0.524. The smallest absolute Gasteiger partial charge is 0.306 e. The summed E-state index contributed by atoms with van der Waals surface area (Å²) in [5.41, 5.74) is 0.0537. The van der Waals surface area contributed by atoms with Crippen molar-refractivity contribution in [3.8, 4) is 0 Å². The Labute approximate surface area is 91.7 Å². The standard InChI is InChI=1S/C13H20O2/c1-3-13(9-12(14)15-4-2)7-10-5-6-11(10)8-13/h3,10-11H,1,4-9H2,2H3/t10-,11+,13+. The summed E-state index contributed by atoms with van der Waals surface area (Å²) in [5, 5.41) is 0. The highest BCUT2D eigenvalue weighted by Gasteiger charge is 2.48. The van der Waals surface area contributed by atoms with Crippen LogP contribution in [0.15, 0.2) is 12.7 Å². The summed E-state index contributed by atoms with van der Waals surface area (Å²) >= 11 is 0. The molecule has 0 saturated heterocycles. The number of ether oxygens (including phenoxy) is 1. The molecule has 84 valence electrons. The number of fused-ring (bicyclic) bond motifs is 1. The van der Waals surface area contributed by atoms with Crippen molar-refractivity contribution in [2.45, 2.75) is 39.0 Å².